The zero-order valence-corrected chi connectivity index (χ0v) is 12.4. The summed E-state index contributed by atoms with van der Waals surface area (Å²) in [7, 11) is 1.67. The molecule has 108 valence electrons. The number of benzene rings is 2. The van der Waals surface area contributed by atoms with Crippen molar-refractivity contribution in [3.05, 3.63) is 65.5 Å². The number of thiocarbonyl (C=S) groups is 1. The molecule has 0 aliphatic carbocycles. The van der Waals surface area contributed by atoms with Gasteiger partial charge in [-0.3, -0.25) is 4.79 Å². The van der Waals surface area contributed by atoms with E-state index in [1.54, 1.807) is 31.3 Å². The molecule has 0 aliphatic heterocycles. The molecule has 0 aliphatic rings. The normalized spacial score (nSPS) is 10.2. The van der Waals surface area contributed by atoms with Gasteiger partial charge in [-0.05, 0) is 29.8 Å². The lowest BCUT2D eigenvalue weighted by molar-refractivity contribution is -0.117. The van der Waals surface area contributed by atoms with Crippen LogP contribution in [0.5, 0.6) is 0 Å². The van der Waals surface area contributed by atoms with Crippen molar-refractivity contribution in [3.63, 3.8) is 0 Å². The van der Waals surface area contributed by atoms with Crippen molar-refractivity contribution in [1.29, 1.82) is 0 Å². The average molecular weight is 302 g/mol. The Balaban J connectivity index is 2.06. The number of amides is 1. The minimum atomic E-state index is -0.326. The number of rotatable bonds is 4. The molecule has 0 bridgehead atoms. The largest absolute Gasteiger partial charge is 0.389 e. The molecule has 0 heterocycles. The zero-order chi connectivity index (χ0) is 15.4. The van der Waals surface area contributed by atoms with Crippen LogP contribution in [0.15, 0.2) is 48.5 Å². The van der Waals surface area contributed by atoms with Crippen molar-refractivity contribution in [2.45, 2.75) is 6.42 Å². The molecule has 0 saturated heterocycles. The molecule has 21 heavy (non-hydrogen) atoms. The molecule has 0 unspecified atom stereocenters. The second-order valence-corrected chi connectivity index (χ2v) is 5.11. The number of carbonyl (C=O) groups excluding carboxylic acids is 1. The van der Waals surface area contributed by atoms with Crippen LogP contribution in [0.4, 0.5) is 10.1 Å². The van der Waals surface area contributed by atoms with E-state index in [9.17, 15) is 9.18 Å². The summed E-state index contributed by atoms with van der Waals surface area (Å²) in [6.45, 7) is 0. The Kier molecular flexibility index (Phi) is 4.65. The van der Waals surface area contributed by atoms with Gasteiger partial charge >= 0.3 is 0 Å². The molecule has 2 aromatic carbocycles. The fourth-order valence-corrected chi connectivity index (χ4v) is 2.02. The third-order valence-electron chi connectivity index (χ3n) is 3.18. The summed E-state index contributed by atoms with van der Waals surface area (Å²) in [5.74, 6) is -0.405. The van der Waals surface area contributed by atoms with Gasteiger partial charge in [0.05, 0.1) is 6.42 Å². The summed E-state index contributed by atoms with van der Waals surface area (Å²) in [4.78, 5) is 14.0. The molecule has 0 radical (unpaired) electrons. The highest BCUT2D eigenvalue weighted by Gasteiger charge is 2.11. The third-order valence-corrected chi connectivity index (χ3v) is 3.42. The highest BCUT2D eigenvalue weighted by molar-refractivity contribution is 7.80. The molecule has 0 fully saturated rings. The van der Waals surface area contributed by atoms with E-state index in [2.05, 4.69) is 0 Å². The highest BCUT2D eigenvalue weighted by Crippen LogP contribution is 2.15. The molecular formula is C16H15FN2OS. The monoisotopic (exact) mass is 302 g/mol. The second-order valence-electron chi connectivity index (χ2n) is 4.67. The van der Waals surface area contributed by atoms with Gasteiger partial charge in [0.15, 0.2) is 0 Å². The van der Waals surface area contributed by atoms with Gasteiger partial charge in [-0.1, -0.05) is 36.5 Å². The number of carbonyl (C=O) groups is 1. The summed E-state index contributed by atoms with van der Waals surface area (Å²) in [6.07, 6.45) is 0.255. The lowest BCUT2D eigenvalue weighted by atomic mass is 10.1. The number of hydrogen-bond donors (Lipinski definition) is 1. The molecule has 0 saturated carbocycles. The van der Waals surface area contributed by atoms with Gasteiger partial charge in [-0.2, -0.15) is 0 Å². The molecule has 5 heteroatoms. The maximum atomic E-state index is 12.9. The van der Waals surface area contributed by atoms with Gasteiger partial charge in [-0.15, -0.1) is 0 Å². The highest BCUT2D eigenvalue weighted by atomic mass is 32.1. The molecule has 1 amide bonds. The van der Waals surface area contributed by atoms with E-state index in [0.717, 1.165) is 11.1 Å². The first-order chi connectivity index (χ1) is 9.97. The van der Waals surface area contributed by atoms with Crippen molar-refractivity contribution < 1.29 is 9.18 Å². The predicted molar refractivity (Wildman–Crippen MR) is 85.8 cm³/mol. The van der Waals surface area contributed by atoms with Gasteiger partial charge in [-0.25, -0.2) is 4.39 Å². The number of likely N-dealkylation sites (N-methyl/N-ethyl adjacent to an activating group) is 1. The van der Waals surface area contributed by atoms with Gasteiger partial charge in [0, 0.05) is 18.3 Å². The van der Waals surface area contributed by atoms with Gasteiger partial charge in [0.25, 0.3) is 0 Å². The van der Waals surface area contributed by atoms with E-state index < -0.39 is 0 Å². The lowest BCUT2D eigenvalue weighted by Gasteiger charge is -2.17. The summed E-state index contributed by atoms with van der Waals surface area (Å²) in [6, 6.07) is 13.0. The Morgan fingerprint density at radius 3 is 2.24 bits per heavy atom. The Labute approximate surface area is 128 Å². The van der Waals surface area contributed by atoms with E-state index in [0.29, 0.717) is 10.7 Å². The maximum Gasteiger partial charge on any atom is 0.231 e. The fourth-order valence-electron chi connectivity index (χ4n) is 1.89. The smallest absolute Gasteiger partial charge is 0.231 e. The van der Waals surface area contributed by atoms with Crippen LogP contribution in [0.25, 0.3) is 0 Å². The van der Waals surface area contributed by atoms with Crippen LogP contribution in [0, 0.1) is 5.82 Å². The molecule has 0 atom stereocenters. The number of halogens is 1. The van der Waals surface area contributed by atoms with Crippen molar-refractivity contribution in [3.8, 4) is 0 Å². The van der Waals surface area contributed by atoms with Crippen LogP contribution in [0.2, 0.25) is 0 Å². The number of nitrogens with two attached hydrogens (primary N) is 1. The first-order valence-corrected chi connectivity index (χ1v) is 6.79. The molecule has 0 aromatic heterocycles. The van der Waals surface area contributed by atoms with Crippen LogP contribution in [-0.4, -0.2) is 17.9 Å². The number of anilines is 1. The summed E-state index contributed by atoms with van der Waals surface area (Å²) < 4.78 is 12.9. The zero-order valence-electron chi connectivity index (χ0n) is 11.5. The number of hydrogen-bond acceptors (Lipinski definition) is 2. The SMILES string of the molecule is CN(C(=O)Cc1ccc(C(N)=S)cc1)c1ccc(F)cc1. The van der Waals surface area contributed by atoms with Crippen LogP contribution in [-0.2, 0) is 11.2 Å². The Morgan fingerprint density at radius 2 is 1.71 bits per heavy atom. The quantitative estimate of drug-likeness (QED) is 0.883. The minimum absolute atomic E-state index is 0.0790. The van der Waals surface area contributed by atoms with Crippen molar-refractivity contribution in [1.82, 2.24) is 0 Å². The third kappa shape index (κ3) is 3.86. The topological polar surface area (TPSA) is 46.3 Å². The number of nitrogens with zero attached hydrogens (tertiary/aromatic N) is 1. The predicted octanol–water partition coefficient (Wildman–Crippen LogP) is 2.67. The van der Waals surface area contributed by atoms with E-state index in [1.165, 1.54) is 17.0 Å². The van der Waals surface area contributed by atoms with Crippen LogP contribution in [0.1, 0.15) is 11.1 Å². The first kappa shape index (κ1) is 15.1. The van der Waals surface area contributed by atoms with Crippen molar-refractivity contribution in [2.75, 3.05) is 11.9 Å². The Morgan fingerprint density at radius 1 is 1.14 bits per heavy atom. The van der Waals surface area contributed by atoms with E-state index in [4.69, 9.17) is 18.0 Å². The van der Waals surface area contributed by atoms with Crippen molar-refractivity contribution >= 4 is 28.8 Å². The van der Waals surface area contributed by atoms with Crippen LogP contribution >= 0.6 is 12.2 Å². The second kappa shape index (κ2) is 6.45. The molecular weight excluding hydrogens is 287 g/mol. The lowest BCUT2D eigenvalue weighted by Crippen LogP contribution is -2.27. The fraction of sp³-hybridized carbons (Fsp3) is 0.125. The summed E-state index contributed by atoms with van der Waals surface area (Å²) in [5.41, 5.74) is 7.82. The average Bonchev–Trinajstić information content (AvgIpc) is 2.47. The van der Waals surface area contributed by atoms with E-state index >= 15 is 0 Å². The standard InChI is InChI=1S/C16H15FN2OS/c1-19(14-8-6-13(17)7-9-14)15(20)10-11-2-4-12(5-3-11)16(18)21/h2-9H,10H2,1H3,(H2,18,21). The summed E-state index contributed by atoms with van der Waals surface area (Å²) in [5, 5.41) is 0. The van der Waals surface area contributed by atoms with Crippen LogP contribution in [0.3, 0.4) is 0 Å². The van der Waals surface area contributed by atoms with Crippen molar-refractivity contribution in [2.24, 2.45) is 5.73 Å². The van der Waals surface area contributed by atoms with Gasteiger partial charge in [0.2, 0.25) is 5.91 Å². The molecule has 0 spiro atoms. The van der Waals surface area contributed by atoms with Gasteiger partial charge < -0.3 is 10.6 Å². The Hall–Kier alpha value is -2.27. The Bertz CT molecular complexity index is 653. The molecule has 3 nitrogen and oxygen atoms in total. The maximum absolute atomic E-state index is 12.9. The van der Waals surface area contributed by atoms with Gasteiger partial charge in [0.1, 0.15) is 10.8 Å². The van der Waals surface area contributed by atoms with Crippen LogP contribution < -0.4 is 10.6 Å². The molecule has 2 N–H and O–H groups in total. The molecule has 2 aromatic rings. The van der Waals surface area contributed by atoms with E-state index in [1.807, 2.05) is 12.1 Å². The van der Waals surface area contributed by atoms with E-state index in [-0.39, 0.29) is 18.1 Å². The first-order valence-electron chi connectivity index (χ1n) is 6.38. The molecule has 2 rings (SSSR count). The summed E-state index contributed by atoms with van der Waals surface area (Å²) >= 11 is 4.88. The minimum Gasteiger partial charge on any atom is -0.389 e.